The fourth-order valence-corrected chi connectivity index (χ4v) is 2.46. The van der Waals surface area contributed by atoms with E-state index in [-0.39, 0.29) is 6.10 Å². The number of aliphatic hydroxyl groups is 1. The van der Waals surface area contributed by atoms with Crippen LogP contribution in [0.3, 0.4) is 0 Å². The lowest BCUT2D eigenvalue weighted by atomic mass is 9.87. The normalized spacial score (nSPS) is 23.4. The summed E-state index contributed by atoms with van der Waals surface area (Å²) in [5, 5.41) is 21.8. The van der Waals surface area contributed by atoms with E-state index in [1.165, 1.54) is 0 Å². The zero-order valence-corrected chi connectivity index (χ0v) is 10.8. The summed E-state index contributed by atoms with van der Waals surface area (Å²) in [4.78, 5) is 4.13. The largest absolute Gasteiger partial charge is 0.393 e. The zero-order chi connectivity index (χ0) is 13.0. The van der Waals surface area contributed by atoms with Gasteiger partial charge in [0.2, 0.25) is 0 Å². The van der Waals surface area contributed by atoms with Crippen molar-refractivity contribution in [2.75, 3.05) is 11.9 Å². The fraction of sp³-hybridized carbons (Fsp3) is 0.538. The number of pyridine rings is 1. The highest BCUT2D eigenvalue weighted by molar-refractivity contribution is 6.29. The fourth-order valence-electron chi connectivity index (χ4n) is 2.25. The molecule has 0 aromatic carbocycles. The first kappa shape index (κ1) is 13.1. The van der Waals surface area contributed by atoms with Gasteiger partial charge in [-0.3, -0.25) is 0 Å². The van der Waals surface area contributed by atoms with Crippen molar-refractivity contribution in [2.24, 2.45) is 5.92 Å². The van der Waals surface area contributed by atoms with E-state index in [9.17, 15) is 5.11 Å². The first-order chi connectivity index (χ1) is 8.67. The van der Waals surface area contributed by atoms with E-state index in [0.717, 1.165) is 32.2 Å². The number of nitriles is 1. The number of aliphatic hydroxyl groups excluding tert-OH is 1. The van der Waals surface area contributed by atoms with Gasteiger partial charge in [0.05, 0.1) is 17.7 Å². The Balaban J connectivity index is 1.90. The van der Waals surface area contributed by atoms with Crippen molar-refractivity contribution >= 4 is 17.4 Å². The number of nitrogens with one attached hydrogen (secondary N) is 1. The van der Waals surface area contributed by atoms with Gasteiger partial charge >= 0.3 is 0 Å². The molecule has 1 aliphatic carbocycles. The minimum absolute atomic E-state index is 0.129. The molecule has 1 aromatic heterocycles. The van der Waals surface area contributed by atoms with Crippen LogP contribution in [0.15, 0.2) is 12.1 Å². The minimum Gasteiger partial charge on any atom is -0.393 e. The second kappa shape index (κ2) is 6.03. The zero-order valence-electron chi connectivity index (χ0n) is 10.1. The van der Waals surface area contributed by atoms with E-state index in [1.54, 1.807) is 12.1 Å². The number of aromatic nitrogens is 1. The molecule has 1 heterocycles. The van der Waals surface area contributed by atoms with Gasteiger partial charge in [-0.25, -0.2) is 4.98 Å². The molecule has 0 unspecified atom stereocenters. The van der Waals surface area contributed by atoms with Gasteiger partial charge < -0.3 is 10.4 Å². The summed E-state index contributed by atoms with van der Waals surface area (Å²) in [6.07, 6.45) is 3.67. The quantitative estimate of drug-likeness (QED) is 0.824. The van der Waals surface area contributed by atoms with Crippen LogP contribution in [-0.2, 0) is 0 Å². The average Bonchev–Trinajstić information content (AvgIpc) is 2.37. The van der Waals surface area contributed by atoms with E-state index in [0.29, 0.717) is 22.5 Å². The van der Waals surface area contributed by atoms with Crippen molar-refractivity contribution in [1.82, 2.24) is 4.98 Å². The Labute approximate surface area is 112 Å². The van der Waals surface area contributed by atoms with Crippen LogP contribution in [0.5, 0.6) is 0 Å². The number of halogens is 1. The Morgan fingerprint density at radius 3 is 2.78 bits per heavy atom. The molecule has 5 heteroatoms. The first-order valence-corrected chi connectivity index (χ1v) is 6.55. The molecule has 1 saturated carbocycles. The molecule has 18 heavy (non-hydrogen) atoms. The Bertz CT molecular complexity index is 450. The van der Waals surface area contributed by atoms with E-state index in [4.69, 9.17) is 16.9 Å². The summed E-state index contributed by atoms with van der Waals surface area (Å²) >= 11 is 5.83. The molecule has 0 amide bonds. The van der Waals surface area contributed by atoms with E-state index >= 15 is 0 Å². The maximum atomic E-state index is 9.43. The van der Waals surface area contributed by atoms with E-state index in [1.807, 2.05) is 0 Å². The smallest absolute Gasteiger partial charge is 0.132 e. The monoisotopic (exact) mass is 265 g/mol. The molecule has 0 aliphatic heterocycles. The SMILES string of the molecule is N#Cc1cc(Cl)nc(NCC2CCC(O)CC2)c1. The topological polar surface area (TPSA) is 68.9 Å². The molecule has 2 rings (SSSR count). The molecule has 0 saturated heterocycles. The lowest BCUT2D eigenvalue weighted by Gasteiger charge is -2.25. The Morgan fingerprint density at radius 2 is 2.11 bits per heavy atom. The number of anilines is 1. The molecule has 1 fully saturated rings. The van der Waals surface area contributed by atoms with Gasteiger partial charge in [-0.15, -0.1) is 0 Å². The van der Waals surface area contributed by atoms with Gasteiger partial charge in [-0.05, 0) is 43.7 Å². The number of rotatable bonds is 3. The molecule has 1 aliphatic rings. The van der Waals surface area contributed by atoms with Crippen LogP contribution >= 0.6 is 11.6 Å². The van der Waals surface area contributed by atoms with Gasteiger partial charge in [-0.1, -0.05) is 11.6 Å². The van der Waals surface area contributed by atoms with Crippen LogP contribution in [0.25, 0.3) is 0 Å². The lowest BCUT2D eigenvalue weighted by Crippen LogP contribution is -2.23. The Kier molecular flexibility index (Phi) is 4.40. The van der Waals surface area contributed by atoms with Gasteiger partial charge in [0, 0.05) is 6.54 Å². The van der Waals surface area contributed by atoms with Crippen molar-refractivity contribution in [3.05, 3.63) is 22.8 Å². The number of hydrogen-bond donors (Lipinski definition) is 2. The van der Waals surface area contributed by atoms with Crippen LogP contribution in [0, 0.1) is 17.2 Å². The molecular weight excluding hydrogens is 250 g/mol. The molecule has 0 atom stereocenters. The third-order valence-electron chi connectivity index (χ3n) is 3.31. The Hall–Kier alpha value is -1.31. The molecule has 2 N–H and O–H groups in total. The van der Waals surface area contributed by atoms with E-state index < -0.39 is 0 Å². The van der Waals surface area contributed by atoms with Gasteiger partial charge in [-0.2, -0.15) is 5.26 Å². The molecule has 0 bridgehead atoms. The minimum atomic E-state index is -0.129. The van der Waals surface area contributed by atoms with Crippen LogP contribution < -0.4 is 5.32 Å². The summed E-state index contributed by atoms with van der Waals surface area (Å²) < 4.78 is 0. The number of hydrogen-bond acceptors (Lipinski definition) is 4. The molecule has 0 radical (unpaired) electrons. The summed E-state index contributed by atoms with van der Waals surface area (Å²) in [5.41, 5.74) is 0.511. The molecule has 1 aromatic rings. The first-order valence-electron chi connectivity index (χ1n) is 6.17. The van der Waals surface area contributed by atoms with Crippen LogP contribution in [-0.4, -0.2) is 22.7 Å². The summed E-state index contributed by atoms with van der Waals surface area (Å²) in [5.74, 6) is 1.20. The maximum Gasteiger partial charge on any atom is 0.132 e. The summed E-state index contributed by atoms with van der Waals surface area (Å²) in [6.45, 7) is 0.810. The van der Waals surface area contributed by atoms with E-state index in [2.05, 4.69) is 16.4 Å². The molecule has 4 nitrogen and oxygen atoms in total. The summed E-state index contributed by atoms with van der Waals surface area (Å²) in [6, 6.07) is 5.30. The highest BCUT2D eigenvalue weighted by Crippen LogP contribution is 2.24. The Morgan fingerprint density at radius 1 is 1.39 bits per heavy atom. The van der Waals surface area contributed by atoms with Crippen molar-refractivity contribution in [1.29, 1.82) is 5.26 Å². The predicted molar refractivity (Wildman–Crippen MR) is 70.4 cm³/mol. The third-order valence-corrected chi connectivity index (χ3v) is 3.50. The van der Waals surface area contributed by atoms with Gasteiger partial charge in [0.25, 0.3) is 0 Å². The maximum absolute atomic E-state index is 9.43. The standard InChI is InChI=1S/C13H16ClN3O/c14-12-5-10(7-15)6-13(17-12)16-8-9-1-3-11(18)4-2-9/h5-6,9,11,18H,1-4,8H2,(H,16,17). The van der Waals surface area contributed by atoms with Crippen molar-refractivity contribution < 1.29 is 5.11 Å². The number of nitrogens with zero attached hydrogens (tertiary/aromatic N) is 2. The second-order valence-corrected chi connectivity index (χ2v) is 5.12. The molecular formula is C13H16ClN3O. The lowest BCUT2D eigenvalue weighted by molar-refractivity contribution is 0.111. The predicted octanol–water partition coefficient (Wildman–Crippen LogP) is 2.57. The van der Waals surface area contributed by atoms with Crippen molar-refractivity contribution in [2.45, 2.75) is 31.8 Å². The van der Waals surface area contributed by atoms with Gasteiger partial charge in [0.1, 0.15) is 11.0 Å². The van der Waals surface area contributed by atoms with Crippen LogP contribution in [0.2, 0.25) is 5.15 Å². The van der Waals surface area contributed by atoms with Gasteiger partial charge in [0.15, 0.2) is 0 Å². The average molecular weight is 266 g/mol. The third kappa shape index (κ3) is 3.59. The van der Waals surface area contributed by atoms with Crippen molar-refractivity contribution in [3.63, 3.8) is 0 Å². The highest BCUT2D eigenvalue weighted by atomic mass is 35.5. The summed E-state index contributed by atoms with van der Waals surface area (Å²) in [7, 11) is 0. The van der Waals surface area contributed by atoms with Crippen LogP contribution in [0.1, 0.15) is 31.2 Å². The molecule has 0 spiro atoms. The van der Waals surface area contributed by atoms with Crippen LogP contribution in [0.4, 0.5) is 5.82 Å². The highest BCUT2D eigenvalue weighted by Gasteiger charge is 2.19. The molecule has 96 valence electrons. The van der Waals surface area contributed by atoms with Crippen molar-refractivity contribution in [3.8, 4) is 6.07 Å². The second-order valence-electron chi connectivity index (χ2n) is 4.73.